The standard InChI is InChI=1S/C26H23Cl2FN4O3/c1-36-19-5-3-17(4-6-19)31-8-10-32(11-9-31)26(35)20-13-16(2-7-22(20)29)12-18-15-30-25(34)23-14-21(27)24(28)33(18)23/h2-7,13-15H,8-12H2,1H3,(H,30,34). The van der Waals surface area contributed by atoms with Crippen molar-refractivity contribution in [3.8, 4) is 5.75 Å². The minimum atomic E-state index is -0.574. The van der Waals surface area contributed by atoms with Gasteiger partial charge in [-0.15, -0.1) is 0 Å². The summed E-state index contributed by atoms with van der Waals surface area (Å²) in [6.07, 6.45) is 1.85. The number of carbonyl (C=O) groups excluding carboxylic acids is 1. The predicted octanol–water partition coefficient (Wildman–Crippen LogP) is 4.64. The lowest BCUT2D eigenvalue weighted by Crippen LogP contribution is -2.49. The number of nitrogens with one attached hydrogen (secondary N) is 1. The summed E-state index contributed by atoms with van der Waals surface area (Å²) in [6.45, 7) is 2.24. The van der Waals surface area contributed by atoms with E-state index in [1.165, 1.54) is 12.1 Å². The van der Waals surface area contributed by atoms with Gasteiger partial charge in [-0.2, -0.15) is 0 Å². The van der Waals surface area contributed by atoms with Gasteiger partial charge in [0.05, 0.1) is 17.7 Å². The van der Waals surface area contributed by atoms with Gasteiger partial charge in [-0.05, 0) is 48.0 Å². The summed E-state index contributed by atoms with van der Waals surface area (Å²) in [5.74, 6) is -0.139. The normalized spacial score (nSPS) is 13.9. The van der Waals surface area contributed by atoms with Gasteiger partial charge in [0.1, 0.15) is 22.2 Å². The highest BCUT2D eigenvalue weighted by Crippen LogP contribution is 2.27. The van der Waals surface area contributed by atoms with E-state index in [9.17, 15) is 14.0 Å². The van der Waals surface area contributed by atoms with Crippen LogP contribution in [0.2, 0.25) is 10.2 Å². The lowest BCUT2D eigenvalue weighted by Gasteiger charge is -2.36. The highest BCUT2D eigenvalue weighted by atomic mass is 35.5. The summed E-state index contributed by atoms with van der Waals surface area (Å²) < 4.78 is 21.5. The Labute approximate surface area is 216 Å². The summed E-state index contributed by atoms with van der Waals surface area (Å²) in [6, 6.07) is 13.7. The topological polar surface area (TPSA) is 70.0 Å². The molecule has 1 fully saturated rings. The molecule has 0 aliphatic carbocycles. The van der Waals surface area contributed by atoms with E-state index in [0.717, 1.165) is 11.4 Å². The Morgan fingerprint density at radius 1 is 1.06 bits per heavy atom. The van der Waals surface area contributed by atoms with Gasteiger partial charge in [0.25, 0.3) is 11.5 Å². The second kappa shape index (κ2) is 9.87. The number of piperazine rings is 1. The number of aromatic amines is 1. The molecule has 5 rings (SSSR count). The first-order chi connectivity index (χ1) is 17.4. The van der Waals surface area contributed by atoms with Gasteiger partial charge in [-0.3, -0.25) is 14.0 Å². The van der Waals surface area contributed by atoms with Crippen LogP contribution in [0.3, 0.4) is 0 Å². The minimum absolute atomic E-state index is 0.0164. The van der Waals surface area contributed by atoms with Crippen LogP contribution >= 0.6 is 23.2 Å². The molecule has 1 saturated heterocycles. The van der Waals surface area contributed by atoms with Crippen molar-refractivity contribution in [3.63, 3.8) is 0 Å². The Kier molecular flexibility index (Phi) is 6.64. The first kappa shape index (κ1) is 24.2. The van der Waals surface area contributed by atoms with Crippen molar-refractivity contribution in [1.29, 1.82) is 0 Å². The van der Waals surface area contributed by atoms with Crippen LogP contribution in [0.5, 0.6) is 5.75 Å². The molecule has 0 saturated carbocycles. The van der Waals surface area contributed by atoms with E-state index in [1.54, 1.807) is 34.7 Å². The highest BCUT2D eigenvalue weighted by Gasteiger charge is 2.25. The van der Waals surface area contributed by atoms with Crippen molar-refractivity contribution >= 4 is 40.3 Å². The molecule has 0 bridgehead atoms. The van der Waals surface area contributed by atoms with E-state index in [0.29, 0.717) is 49.4 Å². The Balaban J connectivity index is 1.33. The molecular formula is C26H23Cl2FN4O3. The average molecular weight is 529 g/mol. The average Bonchev–Trinajstić information content (AvgIpc) is 3.21. The number of fused-ring (bicyclic) bond motifs is 1. The van der Waals surface area contributed by atoms with E-state index in [2.05, 4.69) is 9.88 Å². The second-order valence-corrected chi connectivity index (χ2v) is 9.35. The van der Waals surface area contributed by atoms with Gasteiger partial charge in [0.2, 0.25) is 0 Å². The van der Waals surface area contributed by atoms with E-state index in [-0.39, 0.29) is 27.2 Å². The van der Waals surface area contributed by atoms with Gasteiger partial charge < -0.3 is 19.5 Å². The van der Waals surface area contributed by atoms with Gasteiger partial charge >= 0.3 is 0 Å². The number of aromatic nitrogens is 2. The molecule has 4 aromatic rings. The summed E-state index contributed by atoms with van der Waals surface area (Å²) in [5, 5.41) is 0.485. The molecule has 10 heteroatoms. The summed E-state index contributed by atoms with van der Waals surface area (Å²) >= 11 is 12.4. The van der Waals surface area contributed by atoms with Crippen LogP contribution in [0.25, 0.3) is 5.52 Å². The molecule has 36 heavy (non-hydrogen) atoms. The van der Waals surface area contributed by atoms with Gasteiger partial charge in [0, 0.05) is 50.2 Å². The first-order valence-electron chi connectivity index (χ1n) is 11.4. The number of carbonyl (C=O) groups is 1. The maximum Gasteiger partial charge on any atom is 0.272 e. The predicted molar refractivity (Wildman–Crippen MR) is 138 cm³/mol. The van der Waals surface area contributed by atoms with E-state index in [4.69, 9.17) is 27.9 Å². The Morgan fingerprint density at radius 2 is 1.78 bits per heavy atom. The SMILES string of the molecule is COc1ccc(N2CCN(C(=O)c3cc(Cc4c[nH]c(=O)c5cc(Cl)c(Cl)n45)ccc3F)CC2)cc1. The number of rotatable bonds is 5. The van der Waals surface area contributed by atoms with Crippen LogP contribution in [0.1, 0.15) is 21.6 Å². The van der Waals surface area contributed by atoms with Crippen molar-refractivity contribution in [3.05, 3.63) is 97.9 Å². The number of methoxy groups -OCH3 is 1. The minimum Gasteiger partial charge on any atom is -0.497 e. The Bertz CT molecular complexity index is 1490. The van der Waals surface area contributed by atoms with E-state index < -0.39 is 5.82 Å². The molecular weight excluding hydrogens is 506 g/mol. The number of H-pyrrole nitrogens is 1. The van der Waals surface area contributed by atoms with Crippen LogP contribution in [0, 0.1) is 5.82 Å². The molecule has 0 spiro atoms. The number of hydrogen-bond acceptors (Lipinski definition) is 4. The summed E-state index contributed by atoms with van der Waals surface area (Å²) in [7, 11) is 1.62. The van der Waals surface area contributed by atoms with Crippen LogP contribution < -0.4 is 15.2 Å². The number of halogens is 3. The number of benzene rings is 2. The monoisotopic (exact) mass is 528 g/mol. The zero-order valence-corrected chi connectivity index (χ0v) is 20.9. The fraction of sp³-hybridized carbons (Fsp3) is 0.231. The quantitative estimate of drug-likeness (QED) is 0.409. The highest BCUT2D eigenvalue weighted by molar-refractivity contribution is 6.42. The number of amides is 1. The van der Waals surface area contributed by atoms with Crippen molar-refractivity contribution in [1.82, 2.24) is 14.3 Å². The largest absolute Gasteiger partial charge is 0.497 e. The molecule has 0 radical (unpaired) electrons. The molecule has 2 aromatic carbocycles. The van der Waals surface area contributed by atoms with Crippen LogP contribution in [0.4, 0.5) is 10.1 Å². The molecule has 186 valence electrons. The fourth-order valence-corrected chi connectivity index (χ4v) is 4.95. The van der Waals surface area contributed by atoms with Crippen molar-refractivity contribution in [2.45, 2.75) is 6.42 Å². The number of nitrogens with zero attached hydrogens (tertiary/aromatic N) is 3. The maximum atomic E-state index is 14.7. The zero-order chi connectivity index (χ0) is 25.4. The van der Waals surface area contributed by atoms with Crippen molar-refractivity contribution in [2.75, 3.05) is 38.2 Å². The second-order valence-electron chi connectivity index (χ2n) is 8.58. The van der Waals surface area contributed by atoms with E-state index >= 15 is 0 Å². The van der Waals surface area contributed by atoms with Gasteiger partial charge in [0.15, 0.2) is 0 Å². The van der Waals surface area contributed by atoms with E-state index in [1.807, 2.05) is 24.3 Å². The van der Waals surface area contributed by atoms with Crippen LogP contribution in [-0.4, -0.2) is 53.5 Å². The molecule has 2 aromatic heterocycles. The fourth-order valence-electron chi connectivity index (χ4n) is 4.51. The number of anilines is 1. The first-order valence-corrected chi connectivity index (χ1v) is 12.1. The third-order valence-corrected chi connectivity index (χ3v) is 7.20. The van der Waals surface area contributed by atoms with Gasteiger partial charge in [-0.25, -0.2) is 4.39 Å². The molecule has 1 aliphatic rings. The van der Waals surface area contributed by atoms with Crippen molar-refractivity contribution < 1.29 is 13.9 Å². The van der Waals surface area contributed by atoms with Crippen LogP contribution in [-0.2, 0) is 6.42 Å². The smallest absolute Gasteiger partial charge is 0.272 e. The molecule has 1 amide bonds. The molecule has 0 atom stereocenters. The van der Waals surface area contributed by atoms with Crippen molar-refractivity contribution in [2.24, 2.45) is 0 Å². The third-order valence-electron chi connectivity index (χ3n) is 6.44. The number of hydrogen-bond donors (Lipinski definition) is 1. The number of ether oxygens (including phenoxy) is 1. The van der Waals surface area contributed by atoms with Crippen LogP contribution in [0.15, 0.2) is 59.5 Å². The Morgan fingerprint density at radius 3 is 2.47 bits per heavy atom. The Hall–Kier alpha value is -3.49. The van der Waals surface area contributed by atoms with Gasteiger partial charge in [-0.1, -0.05) is 29.3 Å². The third kappa shape index (κ3) is 4.54. The lowest BCUT2D eigenvalue weighted by molar-refractivity contribution is 0.0742. The molecule has 1 N–H and O–H groups in total. The lowest BCUT2D eigenvalue weighted by atomic mass is 10.0. The summed E-state index contributed by atoms with van der Waals surface area (Å²) in [5.41, 5.74) is 2.41. The molecule has 7 nitrogen and oxygen atoms in total. The molecule has 1 aliphatic heterocycles. The zero-order valence-electron chi connectivity index (χ0n) is 19.4. The molecule has 3 heterocycles. The summed E-state index contributed by atoms with van der Waals surface area (Å²) in [4.78, 5) is 31.9. The maximum absolute atomic E-state index is 14.7. The molecule has 0 unspecified atom stereocenters.